The second-order valence-electron chi connectivity index (χ2n) is 7.21. The van der Waals surface area contributed by atoms with Crippen LogP contribution in [0.4, 0.5) is 19.0 Å². The molecule has 3 aromatic rings. The van der Waals surface area contributed by atoms with Crippen molar-refractivity contribution in [3.63, 3.8) is 0 Å². The van der Waals surface area contributed by atoms with E-state index in [0.717, 1.165) is 25.3 Å². The van der Waals surface area contributed by atoms with Gasteiger partial charge in [0, 0.05) is 34.8 Å². The van der Waals surface area contributed by atoms with Crippen molar-refractivity contribution in [3.05, 3.63) is 42.2 Å². The third-order valence-electron chi connectivity index (χ3n) is 5.15. The van der Waals surface area contributed by atoms with Gasteiger partial charge in [-0.15, -0.1) is 10.2 Å². The number of hydrogen-bond donors (Lipinski definition) is 3. The number of anilines is 1. The van der Waals surface area contributed by atoms with E-state index in [1.54, 1.807) is 18.5 Å². The zero-order valence-electron chi connectivity index (χ0n) is 15.3. The predicted octanol–water partition coefficient (Wildman–Crippen LogP) is 4.13. The molecular formula is C20H19F3N4O2. The molecule has 1 aliphatic carbocycles. The first kappa shape index (κ1) is 19.4. The second kappa shape index (κ2) is 7.47. The van der Waals surface area contributed by atoms with Crippen LogP contribution in [0.3, 0.4) is 0 Å². The van der Waals surface area contributed by atoms with E-state index in [9.17, 15) is 23.4 Å². The SMILES string of the molecule is Oc1cc(C(F)(F)F)ccc1-c1nnc(N[C@@H]2CCC[C@H](O)C2)c2cnccc12. The van der Waals surface area contributed by atoms with Crippen LogP contribution in [0.1, 0.15) is 31.2 Å². The van der Waals surface area contributed by atoms with E-state index in [1.807, 2.05) is 0 Å². The summed E-state index contributed by atoms with van der Waals surface area (Å²) in [5, 5.41) is 33.0. The van der Waals surface area contributed by atoms with Crippen LogP contribution in [0.15, 0.2) is 36.7 Å². The summed E-state index contributed by atoms with van der Waals surface area (Å²) in [6.07, 6.45) is 1.40. The van der Waals surface area contributed by atoms with Crippen molar-refractivity contribution in [2.45, 2.75) is 44.0 Å². The smallest absolute Gasteiger partial charge is 0.416 e. The second-order valence-corrected chi connectivity index (χ2v) is 7.21. The number of aliphatic hydroxyl groups is 1. The van der Waals surface area contributed by atoms with Crippen LogP contribution >= 0.6 is 0 Å². The molecule has 1 fully saturated rings. The standard InChI is InChI=1S/C20H19F3N4O2/c21-20(22,23)11-4-5-15(17(29)8-11)18-14-6-7-24-10-16(14)19(27-26-18)25-12-2-1-3-13(28)9-12/h4-8,10,12-13,28-29H,1-3,9H2,(H,25,27)/t12-,13+/m1/s1. The monoisotopic (exact) mass is 404 g/mol. The summed E-state index contributed by atoms with van der Waals surface area (Å²) in [5.74, 6) is -0.0364. The number of aromatic nitrogens is 3. The lowest BCUT2D eigenvalue weighted by atomic mass is 9.93. The highest BCUT2D eigenvalue weighted by Crippen LogP contribution is 2.38. The van der Waals surface area contributed by atoms with Crippen LogP contribution in [-0.4, -0.2) is 37.5 Å². The molecule has 0 bridgehead atoms. The van der Waals surface area contributed by atoms with Gasteiger partial charge in [0.15, 0.2) is 5.82 Å². The highest BCUT2D eigenvalue weighted by Gasteiger charge is 2.31. The van der Waals surface area contributed by atoms with E-state index in [-0.39, 0.29) is 23.4 Å². The molecule has 2 aromatic heterocycles. The highest BCUT2D eigenvalue weighted by atomic mass is 19.4. The average molecular weight is 404 g/mol. The first-order valence-corrected chi connectivity index (χ1v) is 9.28. The Hall–Kier alpha value is -2.94. The molecule has 0 spiro atoms. The van der Waals surface area contributed by atoms with Gasteiger partial charge in [0.1, 0.15) is 11.4 Å². The van der Waals surface area contributed by atoms with Crippen molar-refractivity contribution in [2.24, 2.45) is 0 Å². The maximum Gasteiger partial charge on any atom is 0.416 e. The molecule has 0 unspecified atom stereocenters. The number of phenolic OH excluding ortho intramolecular Hbond substituents is 1. The Bertz CT molecular complexity index is 1040. The van der Waals surface area contributed by atoms with Gasteiger partial charge in [0.05, 0.1) is 11.7 Å². The Morgan fingerprint density at radius 2 is 1.90 bits per heavy atom. The fourth-order valence-electron chi connectivity index (χ4n) is 3.70. The van der Waals surface area contributed by atoms with Crippen LogP contribution in [0.25, 0.3) is 22.0 Å². The number of phenols is 1. The van der Waals surface area contributed by atoms with Crippen LogP contribution in [0.2, 0.25) is 0 Å². The number of pyridine rings is 1. The van der Waals surface area contributed by atoms with Gasteiger partial charge in [0.25, 0.3) is 0 Å². The van der Waals surface area contributed by atoms with Crippen molar-refractivity contribution in [3.8, 4) is 17.0 Å². The first-order valence-electron chi connectivity index (χ1n) is 9.28. The predicted molar refractivity (Wildman–Crippen MR) is 101 cm³/mol. The fourth-order valence-corrected chi connectivity index (χ4v) is 3.70. The fraction of sp³-hybridized carbons (Fsp3) is 0.350. The van der Waals surface area contributed by atoms with Gasteiger partial charge in [-0.05, 0) is 49.9 Å². The zero-order chi connectivity index (χ0) is 20.6. The van der Waals surface area contributed by atoms with Crippen molar-refractivity contribution >= 4 is 16.6 Å². The largest absolute Gasteiger partial charge is 0.507 e. The summed E-state index contributed by atoms with van der Waals surface area (Å²) in [6, 6.07) is 4.49. The Morgan fingerprint density at radius 1 is 1.07 bits per heavy atom. The molecule has 1 aromatic carbocycles. The van der Waals surface area contributed by atoms with Gasteiger partial charge in [-0.1, -0.05) is 0 Å². The molecule has 2 atom stereocenters. The number of nitrogens with zero attached hydrogens (tertiary/aromatic N) is 3. The van der Waals surface area contributed by atoms with Crippen LogP contribution in [0, 0.1) is 0 Å². The number of hydrogen-bond acceptors (Lipinski definition) is 6. The molecule has 152 valence electrons. The third-order valence-corrected chi connectivity index (χ3v) is 5.15. The van der Waals surface area contributed by atoms with Gasteiger partial charge in [0.2, 0.25) is 0 Å². The molecule has 9 heteroatoms. The van der Waals surface area contributed by atoms with Gasteiger partial charge < -0.3 is 15.5 Å². The summed E-state index contributed by atoms with van der Waals surface area (Å²) in [6.45, 7) is 0. The minimum atomic E-state index is -4.55. The van der Waals surface area contributed by atoms with Gasteiger partial charge in [-0.2, -0.15) is 13.2 Å². The lowest BCUT2D eigenvalue weighted by Gasteiger charge is -2.27. The molecule has 29 heavy (non-hydrogen) atoms. The summed E-state index contributed by atoms with van der Waals surface area (Å²) in [4.78, 5) is 4.12. The Balaban J connectivity index is 1.74. The van der Waals surface area contributed by atoms with Crippen molar-refractivity contribution in [2.75, 3.05) is 5.32 Å². The molecule has 4 rings (SSSR count). The minimum absolute atomic E-state index is 0.0433. The van der Waals surface area contributed by atoms with Gasteiger partial charge in [-0.25, -0.2) is 0 Å². The summed E-state index contributed by atoms with van der Waals surface area (Å²) in [7, 11) is 0. The molecule has 3 N–H and O–H groups in total. The molecule has 0 aliphatic heterocycles. The minimum Gasteiger partial charge on any atom is -0.507 e. The summed E-state index contributed by atoms with van der Waals surface area (Å²) >= 11 is 0. The number of halogens is 3. The Kier molecular flexibility index (Phi) is 4.99. The van der Waals surface area contributed by atoms with E-state index in [0.29, 0.717) is 29.1 Å². The molecule has 0 saturated heterocycles. The maximum atomic E-state index is 12.9. The van der Waals surface area contributed by atoms with E-state index in [4.69, 9.17) is 0 Å². The number of rotatable bonds is 3. The number of aliphatic hydroxyl groups excluding tert-OH is 1. The van der Waals surface area contributed by atoms with Gasteiger partial charge in [-0.3, -0.25) is 4.98 Å². The molecule has 0 radical (unpaired) electrons. The molecular weight excluding hydrogens is 385 g/mol. The van der Waals surface area contributed by atoms with Crippen molar-refractivity contribution in [1.82, 2.24) is 15.2 Å². The maximum absolute atomic E-state index is 12.9. The Labute approximate surface area is 164 Å². The molecule has 0 amide bonds. The van der Waals surface area contributed by atoms with E-state index < -0.39 is 17.5 Å². The topological polar surface area (TPSA) is 91.2 Å². The lowest BCUT2D eigenvalue weighted by Crippen LogP contribution is -2.30. The quantitative estimate of drug-likeness (QED) is 0.608. The number of aromatic hydroxyl groups is 1. The normalized spacial score (nSPS) is 20.0. The third kappa shape index (κ3) is 3.95. The zero-order valence-corrected chi connectivity index (χ0v) is 15.3. The Morgan fingerprint density at radius 3 is 2.62 bits per heavy atom. The number of alkyl halides is 3. The molecule has 1 aliphatic rings. The molecule has 1 saturated carbocycles. The molecule has 2 heterocycles. The van der Waals surface area contributed by atoms with E-state index in [1.165, 1.54) is 6.07 Å². The molecule has 6 nitrogen and oxygen atoms in total. The average Bonchev–Trinajstić information content (AvgIpc) is 2.68. The van der Waals surface area contributed by atoms with E-state index in [2.05, 4.69) is 20.5 Å². The van der Waals surface area contributed by atoms with Crippen LogP contribution in [-0.2, 0) is 6.18 Å². The number of benzene rings is 1. The lowest BCUT2D eigenvalue weighted by molar-refractivity contribution is -0.137. The number of nitrogens with one attached hydrogen (secondary N) is 1. The van der Waals surface area contributed by atoms with Crippen LogP contribution in [0.5, 0.6) is 5.75 Å². The summed E-state index contributed by atoms with van der Waals surface area (Å²) < 4.78 is 38.7. The summed E-state index contributed by atoms with van der Waals surface area (Å²) in [5.41, 5.74) is -0.518. The van der Waals surface area contributed by atoms with E-state index >= 15 is 0 Å². The van der Waals surface area contributed by atoms with Gasteiger partial charge >= 0.3 is 6.18 Å². The van der Waals surface area contributed by atoms with Crippen molar-refractivity contribution < 1.29 is 23.4 Å². The first-order chi connectivity index (χ1) is 13.8. The number of fused-ring (bicyclic) bond motifs is 1. The highest BCUT2D eigenvalue weighted by molar-refractivity contribution is 6.00. The van der Waals surface area contributed by atoms with Crippen LogP contribution < -0.4 is 5.32 Å². The van der Waals surface area contributed by atoms with Crippen molar-refractivity contribution in [1.29, 1.82) is 0 Å².